The second-order valence-corrected chi connectivity index (χ2v) is 8.12. The van der Waals surface area contributed by atoms with Crippen molar-refractivity contribution in [3.63, 3.8) is 0 Å². The number of aromatic nitrogens is 6. The fraction of sp³-hybridized carbons (Fsp3) is 0.273. The predicted octanol–water partition coefficient (Wildman–Crippen LogP) is 1.65. The van der Waals surface area contributed by atoms with Gasteiger partial charge in [0.15, 0.2) is 11.3 Å². The Morgan fingerprint density at radius 2 is 1.80 bits per heavy atom. The topological polar surface area (TPSA) is 128 Å². The Bertz CT molecular complexity index is 1290. The van der Waals surface area contributed by atoms with Crippen LogP contribution in [0.1, 0.15) is 16.1 Å². The van der Waals surface area contributed by atoms with Gasteiger partial charge in [-0.2, -0.15) is 4.68 Å². The summed E-state index contributed by atoms with van der Waals surface area (Å²) in [6.07, 6.45) is 3.02. The quantitative estimate of drug-likeness (QED) is 0.390. The van der Waals surface area contributed by atoms with Gasteiger partial charge in [-0.1, -0.05) is 35.0 Å². The van der Waals surface area contributed by atoms with E-state index in [-0.39, 0.29) is 23.7 Å². The average Bonchev–Trinajstić information content (AvgIpc) is 3.26. The van der Waals surface area contributed by atoms with E-state index in [2.05, 4.69) is 56.3 Å². The molecule has 0 unspecified atom stereocenters. The highest BCUT2D eigenvalue weighted by atomic mass is 35.5. The van der Waals surface area contributed by atoms with Crippen molar-refractivity contribution in [2.24, 2.45) is 12.8 Å². The molecule has 0 aliphatic rings. The molecule has 35 heavy (non-hydrogen) atoms. The molecule has 1 amide bonds. The van der Waals surface area contributed by atoms with Crippen molar-refractivity contribution in [3.8, 4) is 0 Å². The Morgan fingerprint density at radius 1 is 1.09 bits per heavy atom. The molecule has 0 aliphatic carbocycles. The third-order valence-electron chi connectivity index (χ3n) is 4.81. The Kier molecular flexibility index (Phi) is 10.1. The Hall–Kier alpha value is -3.54. The summed E-state index contributed by atoms with van der Waals surface area (Å²) in [5.74, 6) is 0.263. The Labute approximate surface area is 213 Å². The van der Waals surface area contributed by atoms with Crippen LogP contribution in [0.25, 0.3) is 5.65 Å². The van der Waals surface area contributed by atoms with Gasteiger partial charge in [0.2, 0.25) is 0 Å². The normalized spacial score (nSPS) is 10.4. The molecule has 3 heterocycles. The third-order valence-corrected chi connectivity index (χ3v) is 5.06. The van der Waals surface area contributed by atoms with Crippen molar-refractivity contribution in [3.05, 3.63) is 81.8 Å². The summed E-state index contributed by atoms with van der Waals surface area (Å²) in [6, 6.07) is 14.0. The van der Waals surface area contributed by atoms with E-state index >= 15 is 0 Å². The number of fused-ring (bicyclic) bond motifs is 1. The second kappa shape index (κ2) is 12.8. The molecule has 0 aliphatic heterocycles. The summed E-state index contributed by atoms with van der Waals surface area (Å²) in [4.78, 5) is 34.8. The van der Waals surface area contributed by atoms with Crippen LogP contribution < -0.4 is 16.3 Å². The van der Waals surface area contributed by atoms with Gasteiger partial charge in [-0.15, -0.1) is 17.5 Å². The van der Waals surface area contributed by atoms with Crippen LogP contribution in [0.4, 0.5) is 5.82 Å². The molecule has 0 radical (unpaired) electrons. The first-order chi connectivity index (χ1) is 16.3. The number of anilines is 1. The molecule has 4 rings (SSSR count). The fourth-order valence-electron chi connectivity index (χ4n) is 3.00. The summed E-state index contributed by atoms with van der Waals surface area (Å²) in [5.41, 5.74) is 5.83. The number of hydrogen-bond donors (Lipinski definition) is 1. The molecular weight excluding hydrogens is 493 g/mol. The molecule has 0 fully saturated rings. The molecule has 4 aromatic rings. The molecule has 0 saturated carbocycles. The van der Waals surface area contributed by atoms with Gasteiger partial charge >= 0.3 is 5.69 Å². The van der Waals surface area contributed by atoms with E-state index in [0.29, 0.717) is 0 Å². The molecule has 13 heteroatoms. The lowest BCUT2D eigenvalue weighted by Gasteiger charge is -2.25. The number of hydrogen-bond acceptors (Lipinski definition) is 8. The van der Waals surface area contributed by atoms with Crippen molar-refractivity contribution in [2.75, 3.05) is 32.1 Å². The third kappa shape index (κ3) is 7.47. The number of carbonyl (C=O) groups excluding carboxylic acids is 1. The van der Waals surface area contributed by atoms with Crippen LogP contribution in [-0.4, -0.2) is 67.4 Å². The molecular formula is C22H27Cl2N9O2. The molecule has 186 valence electrons. The maximum atomic E-state index is 11.4. The number of benzene rings is 1. The number of rotatable bonds is 7. The van der Waals surface area contributed by atoms with Gasteiger partial charge in [0.1, 0.15) is 12.1 Å². The minimum atomic E-state index is -0.741. The summed E-state index contributed by atoms with van der Waals surface area (Å²) >= 11 is 5.94. The highest BCUT2D eigenvalue weighted by Crippen LogP contribution is 2.16. The fourth-order valence-corrected chi connectivity index (χ4v) is 3.13. The van der Waals surface area contributed by atoms with Gasteiger partial charge in [0, 0.05) is 37.9 Å². The van der Waals surface area contributed by atoms with Gasteiger partial charge < -0.3 is 15.5 Å². The number of nitrogens with two attached hydrogens (primary N) is 1. The van der Waals surface area contributed by atoms with Crippen LogP contribution in [0.3, 0.4) is 0 Å². The number of halogens is 2. The smallest absolute Gasteiger partial charge is 0.352 e. The molecule has 0 saturated heterocycles. The minimum absolute atomic E-state index is 0. The first kappa shape index (κ1) is 27.7. The number of aryl methyl sites for hydroxylation is 1. The number of pyridine rings is 1. The SMILES string of the molecule is CN(C)CCN(Cc1ccc(Cl)cc1)c1ccccn1.Cl.Cn1nnc2c(C(N)=O)ncn2c1=O. The van der Waals surface area contributed by atoms with E-state index in [9.17, 15) is 9.59 Å². The van der Waals surface area contributed by atoms with Crippen molar-refractivity contribution in [1.29, 1.82) is 0 Å². The van der Waals surface area contributed by atoms with Crippen LogP contribution >= 0.6 is 24.0 Å². The Morgan fingerprint density at radius 3 is 2.40 bits per heavy atom. The van der Waals surface area contributed by atoms with Gasteiger partial charge in [-0.3, -0.25) is 4.79 Å². The van der Waals surface area contributed by atoms with Crippen LogP contribution in [0.15, 0.2) is 59.8 Å². The summed E-state index contributed by atoms with van der Waals surface area (Å²) < 4.78 is 2.13. The van der Waals surface area contributed by atoms with Crippen LogP contribution in [0.5, 0.6) is 0 Å². The maximum absolute atomic E-state index is 11.4. The van der Waals surface area contributed by atoms with E-state index in [1.807, 2.05) is 36.5 Å². The van der Waals surface area contributed by atoms with Crippen LogP contribution in [-0.2, 0) is 13.6 Å². The minimum Gasteiger partial charge on any atom is -0.364 e. The zero-order valence-corrected chi connectivity index (χ0v) is 21.1. The monoisotopic (exact) mass is 519 g/mol. The maximum Gasteiger partial charge on any atom is 0.352 e. The van der Waals surface area contributed by atoms with Crippen molar-refractivity contribution >= 4 is 41.4 Å². The molecule has 2 N–H and O–H groups in total. The van der Waals surface area contributed by atoms with E-state index in [1.54, 1.807) is 0 Å². The summed E-state index contributed by atoms with van der Waals surface area (Å²) in [7, 11) is 5.61. The number of imidazole rings is 1. The largest absolute Gasteiger partial charge is 0.364 e. The zero-order valence-electron chi connectivity index (χ0n) is 19.6. The van der Waals surface area contributed by atoms with Crippen molar-refractivity contribution in [2.45, 2.75) is 6.54 Å². The van der Waals surface area contributed by atoms with Gasteiger partial charge in [0.05, 0.1) is 0 Å². The first-order valence-electron chi connectivity index (χ1n) is 10.4. The van der Waals surface area contributed by atoms with Gasteiger partial charge in [-0.05, 0) is 43.9 Å². The van der Waals surface area contributed by atoms with Crippen molar-refractivity contribution < 1.29 is 4.79 Å². The molecule has 11 nitrogen and oxygen atoms in total. The molecule has 3 aromatic heterocycles. The predicted molar refractivity (Wildman–Crippen MR) is 137 cm³/mol. The highest BCUT2D eigenvalue weighted by molar-refractivity contribution is 6.30. The van der Waals surface area contributed by atoms with Gasteiger partial charge in [0.25, 0.3) is 5.91 Å². The zero-order chi connectivity index (χ0) is 24.7. The van der Waals surface area contributed by atoms with E-state index in [1.165, 1.54) is 18.9 Å². The van der Waals surface area contributed by atoms with Gasteiger partial charge in [-0.25, -0.2) is 19.2 Å². The summed E-state index contributed by atoms with van der Waals surface area (Å²) in [6.45, 7) is 2.76. The number of likely N-dealkylation sites (N-methyl/N-ethyl adjacent to an activating group) is 1. The highest BCUT2D eigenvalue weighted by Gasteiger charge is 2.13. The molecule has 0 spiro atoms. The van der Waals surface area contributed by atoms with E-state index < -0.39 is 11.6 Å². The molecule has 1 aromatic carbocycles. The average molecular weight is 520 g/mol. The van der Waals surface area contributed by atoms with Crippen LogP contribution in [0, 0.1) is 0 Å². The van der Waals surface area contributed by atoms with E-state index in [0.717, 1.165) is 39.6 Å². The number of primary amides is 1. The number of carbonyl (C=O) groups is 1. The lowest BCUT2D eigenvalue weighted by molar-refractivity contribution is 0.0997. The summed E-state index contributed by atoms with van der Waals surface area (Å²) in [5, 5.41) is 7.91. The second-order valence-electron chi connectivity index (χ2n) is 7.69. The van der Waals surface area contributed by atoms with Crippen LogP contribution in [0.2, 0.25) is 5.02 Å². The molecule has 0 atom stereocenters. The van der Waals surface area contributed by atoms with Crippen molar-refractivity contribution in [1.82, 2.24) is 34.3 Å². The Balaban J connectivity index is 0.000000254. The number of nitrogens with zero attached hydrogens (tertiary/aromatic N) is 8. The number of amides is 1. The first-order valence-corrected chi connectivity index (χ1v) is 10.8. The lowest BCUT2D eigenvalue weighted by atomic mass is 10.2. The molecule has 0 bridgehead atoms. The lowest BCUT2D eigenvalue weighted by Crippen LogP contribution is -2.31. The van der Waals surface area contributed by atoms with E-state index in [4.69, 9.17) is 17.3 Å². The standard InChI is InChI=1S/C16H20ClN3.C6H6N6O2.ClH/c1-19(2)11-12-20(16-5-3-4-10-18-16)13-14-6-8-15(17)9-7-14;1-11-6(14)12-2-8-3(4(7)13)5(12)9-10-11;/h3-10H,11-13H2,1-2H3;2H,1H3,(H2,7,13);1H.